The molecule has 0 bridgehead atoms. The third-order valence-electron chi connectivity index (χ3n) is 3.16. The maximum absolute atomic E-state index is 10.9. The molecule has 0 aliphatic rings. The van der Waals surface area contributed by atoms with Crippen molar-refractivity contribution < 1.29 is 15.0 Å². The van der Waals surface area contributed by atoms with Gasteiger partial charge in [0.2, 0.25) is 0 Å². The first-order valence-electron chi connectivity index (χ1n) is 4.95. The minimum atomic E-state index is -1.11. The Morgan fingerprint density at radius 2 is 1.94 bits per heavy atom. The first kappa shape index (κ1) is 10.5. The molecule has 0 saturated heterocycles. The quantitative estimate of drug-likeness (QED) is 0.772. The summed E-state index contributed by atoms with van der Waals surface area (Å²) in [7, 11) is 1.89. The van der Waals surface area contributed by atoms with Crippen molar-refractivity contribution in [2.45, 2.75) is 13.8 Å². The van der Waals surface area contributed by atoms with E-state index in [1.54, 1.807) is 0 Å². The number of hydrogen-bond acceptors (Lipinski definition) is 2. The number of aromatic nitrogens is 1. The van der Waals surface area contributed by atoms with Crippen LogP contribution >= 0.6 is 0 Å². The molecule has 2 N–H and O–H groups in total. The van der Waals surface area contributed by atoms with Gasteiger partial charge in [-0.25, -0.2) is 4.79 Å². The maximum atomic E-state index is 10.9. The van der Waals surface area contributed by atoms with Gasteiger partial charge >= 0.3 is 5.97 Å². The first-order valence-corrected chi connectivity index (χ1v) is 4.95. The lowest BCUT2D eigenvalue weighted by atomic mass is 10.1. The molecule has 0 saturated carbocycles. The Hall–Kier alpha value is -1.97. The van der Waals surface area contributed by atoms with Crippen LogP contribution in [0.15, 0.2) is 12.1 Å². The second-order valence-electron chi connectivity index (χ2n) is 3.96. The van der Waals surface area contributed by atoms with Crippen molar-refractivity contribution in [2.75, 3.05) is 0 Å². The zero-order chi connectivity index (χ0) is 12.0. The van der Waals surface area contributed by atoms with Crippen molar-refractivity contribution in [2.24, 2.45) is 7.05 Å². The van der Waals surface area contributed by atoms with E-state index in [9.17, 15) is 9.90 Å². The Balaban J connectivity index is 2.90. The highest BCUT2D eigenvalue weighted by Crippen LogP contribution is 2.30. The number of nitrogens with zero attached hydrogens (tertiary/aromatic N) is 1. The van der Waals surface area contributed by atoms with E-state index in [0.29, 0.717) is 0 Å². The fourth-order valence-corrected chi connectivity index (χ4v) is 1.95. The van der Waals surface area contributed by atoms with E-state index in [0.717, 1.165) is 22.2 Å². The second kappa shape index (κ2) is 3.27. The summed E-state index contributed by atoms with van der Waals surface area (Å²) in [5.41, 5.74) is 2.90. The highest BCUT2D eigenvalue weighted by molar-refractivity contribution is 5.98. The summed E-state index contributed by atoms with van der Waals surface area (Å²) in [4.78, 5) is 10.9. The van der Waals surface area contributed by atoms with Gasteiger partial charge in [-0.05, 0) is 25.5 Å². The molecule has 1 aromatic heterocycles. The summed E-state index contributed by atoms with van der Waals surface area (Å²) < 4.78 is 1.94. The standard InChI is InChI=1S/C12H13NO3/c1-6-7(2)13(3)10-5-11(14)9(12(15)16)4-8(6)10/h4-5,14H,1-3H3,(H,15,16). The van der Waals surface area contributed by atoms with Crippen molar-refractivity contribution in [1.82, 2.24) is 4.57 Å². The summed E-state index contributed by atoms with van der Waals surface area (Å²) in [5.74, 6) is -1.30. The molecule has 0 aliphatic carbocycles. The van der Waals surface area contributed by atoms with Gasteiger partial charge in [-0.1, -0.05) is 0 Å². The van der Waals surface area contributed by atoms with Crippen LogP contribution in [-0.2, 0) is 7.05 Å². The molecule has 0 unspecified atom stereocenters. The van der Waals surface area contributed by atoms with Crippen molar-refractivity contribution in [3.05, 3.63) is 29.0 Å². The molecular formula is C12H13NO3. The number of rotatable bonds is 1. The van der Waals surface area contributed by atoms with Crippen LogP contribution in [0.4, 0.5) is 0 Å². The van der Waals surface area contributed by atoms with Gasteiger partial charge in [0.1, 0.15) is 11.3 Å². The largest absolute Gasteiger partial charge is 0.507 e. The maximum Gasteiger partial charge on any atom is 0.339 e. The van der Waals surface area contributed by atoms with Gasteiger partial charge in [0.05, 0.1) is 5.52 Å². The summed E-state index contributed by atoms with van der Waals surface area (Å²) in [5, 5.41) is 19.4. The Morgan fingerprint density at radius 1 is 1.31 bits per heavy atom. The number of aromatic hydroxyl groups is 1. The van der Waals surface area contributed by atoms with E-state index in [1.165, 1.54) is 12.1 Å². The molecule has 4 nitrogen and oxygen atoms in total. The average Bonchev–Trinajstić information content (AvgIpc) is 2.43. The van der Waals surface area contributed by atoms with Gasteiger partial charge < -0.3 is 14.8 Å². The van der Waals surface area contributed by atoms with E-state index in [2.05, 4.69) is 0 Å². The monoisotopic (exact) mass is 219 g/mol. The summed E-state index contributed by atoms with van der Waals surface area (Å²) in [6.45, 7) is 3.91. The molecule has 0 radical (unpaired) electrons. The van der Waals surface area contributed by atoms with Crippen LogP contribution < -0.4 is 0 Å². The fourth-order valence-electron chi connectivity index (χ4n) is 1.95. The van der Waals surface area contributed by atoms with Crippen molar-refractivity contribution >= 4 is 16.9 Å². The number of benzene rings is 1. The number of aryl methyl sites for hydroxylation is 2. The van der Waals surface area contributed by atoms with Gasteiger partial charge in [0, 0.05) is 24.2 Å². The smallest absolute Gasteiger partial charge is 0.339 e. The normalized spacial score (nSPS) is 10.9. The van der Waals surface area contributed by atoms with E-state index in [4.69, 9.17) is 5.11 Å². The molecule has 16 heavy (non-hydrogen) atoms. The zero-order valence-electron chi connectivity index (χ0n) is 9.40. The molecule has 0 spiro atoms. The number of hydrogen-bond donors (Lipinski definition) is 2. The lowest BCUT2D eigenvalue weighted by molar-refractivity contribution is 0.0694. The number of fused-ring (bicyclic) bond motifs is 1. The Labute approximate surface area is 92.7 Å². The molecule has 4 heteroatoms. The summed E-state index contributed by atoms with van der Waals surface area (Å²) >= 11 is 0. The van der Waals surface area contributed by atoms with E-state index in [1.807, 2.05) is 25.5 Å². The molecule has 2 rings (SSSR count). The lowest BCUT2D eigenvalue weighted by Gasteiger charge is -2.02. The highest BCUT2D eigenvalue weighted by Gasteiger charge is 2.15. The summed E-state index contributed by atoms with van der Waals surface area (Å²) in [6.07, 6.45) is 0. The molecule has 1 heterocycles. The van der Waals surface area contributed by atoms with Gasteiger partial charge in [-0.3, -0.25) is 0 Å². The van der Waals surface area contributed by atoms with Crippen LogP contribution in [-0.4, -0.2) is 20.7 Å². The van der Waals surface area contributed by atoms with Crippen LogP contribution in [0.2, 0.25) is 0 Å². The number of carbonyl (C=O) groups is 1. The van der Waals surface area contributed by atoms with E-state index >= 15 is 0 Å². The number of carboxylic acid groups (broad SMARTS) is 1. The van der Waals surface area contributed by atoms with Crippen molar-refractivity contribution in [3.8, 4) is 5.75 Å². The predicted molar refractivity (Wildman–Crippen MR) is 61.0 cm³/mol. The Morgan fingerprint density at radius 3 is 2.50 bits per heavy atom. The predicted octanol–water partition coefficient (Wildman–Crippen LogP) is 2.20. The molecule has 1 aromatic carbocycles. The van der Waals surface area contributed by atoms with Crippen molar-refractivity contribution in [1.29, 1.82) is 0 Å². The summed E-state index contributed by atoms with van der Waals surface area (Å²) in [6, 6.07) is 3.02. The number of carboxylic acids is 1. The van der Waals surface area contributed by atoms with Crippen LogP contribution in [0.1, 0.15) is 21.6 Å². The average molecular weight is 219 g/mol. The zero-order valence-corrected chi connectivity index (χ0v) is 9.40. The lowest BCUT2D eigenvalue weighted by Crippen LogP contribution is -1.97. The third-order valence-corrected chi connectivity index (χ3v) is 3.16. The highest BCUT2D eigenvalue weighted by atomic mass is 16.4. The van der Waals surface area contributed by atoms with Gasteiger partial charge in [0.15, 0.2) is 0 Å². The van der Waals surface area contributed by atoms with Crippen molar-refractivity contribution in [3.63, 3.8) is 0 Å². The van der Waals surface area contributed by atoms with Gasteiger partial charge in [-0.15, -0.1) is 0 Å². The number of phenols is 1. The third kappa shape index (κ3) is 1.26. The van der Waals surface area contributed by atoms with Crippen LogP contribution in [0, 0.1) is 13.8 Å². The topological polar surface area (TPSA) is 62.5 Å². The minimum absolute atomic E-state index is 0.0544. The van der Waals surface area contributed by atoms with E-state index < -0.39 is 5.97 Å². The minimum Gasteiger partial charge on any atom is -0.507 e. The van der Waals surface area contributed by atoms with E-state index in [-0.39, 0.29) is 11.3 Å². The molecule has 84 valence electrons. The fraction of sp³-hybridized carbons (Fsp3) is 0.250. The van der Waals surface area contributed by atoms with Gasteiger partial charge in [0.25, 0.3) is 0 Å². The Kier molecular flexibility index (Phi) is 2.15. The Bertz CT molecular complexity index is 596. The van der Waals surface area contributed by atoms with Crippen LogP contribution in [0.5, 0.6) is 5.75 Å². The molecule has 0 aliphatic heterocycles. The van der Waals surface area contributed by atoms with Crippen LogP contribution in [0.3, 0.4) is 0 Å². The molecule has 0 fully saturated rings. The number of aromatic carboxylic acids is 1. The van der Waals surface area contributed by atoms with Crippen LogP contribution in [0.25, 0.3) is 10.9 Å². The molecule has 2 aromatic rings. The molecule has 0 amide bonds. The first-order chi connectivity index (χ1) is 7.43. The second-order valence-corrected chi connectivity index (χ2v) is 3.96. The molecular weight excluding hydrogens is 206 g/mol. The SMILES string of the molecule is Cc1c(C)n(C)c2cc(O)c(C(=O)O)cc12. The van der Waals surface area contributed by atoms with Gasteiger partial charge in [-0.2, -0.15) is 0 Å². The molecule has 0 atom stereocenters.